The molecule has 0 spiro atoms. The molecule has 0 aromatic heterocycles. The summed E-state index contributed by atoms with van der Waals surface area (Å²) in [4.78, 5) is 0. The van der Waals surface area contributed by atoms with Crippen LogP contribution in [0.3, 0.4) is 0 Å². The minimum Gasteiger partial charge on any atom is -0.395 e. The summed E-state index contributed by atoms with van der Waals surface area (Å²) in [6, 6.07) is -0.139. The number of sulfonamides is 1. The van der Waals surface area contributed by atoms with E-state index in [2.05, 4.69) is 0 Å². The summed E-state index contributed by atoms with van der Waals surface area (Å²) >= 11 is 0. The van der Waals surface area contributed by atoms with Crippen molar-refractivity contribution in [2.75, 3.05) is 6.61 Å². The highest BCUT2D eigenvalue weighted by Gasteiger charge is 2.46. The van der Waals surface area contributed by atoms with Crippen LogP contribution in [0.4, 0.5) is 0 Å². The van der Waals surface area contributed by atoms with Gasteiger partial charge in [0.1, 0.15) is 0 Å². The van der Waals surface area contributed by atoms with Gasteiger partial charge in [-0.15, -0.1) is 0 Å². The Balaban J connectivity index is 3.00. The fraction of sp³-hybridized carbons (Fsp3) is 1.00. The maximum absolute atomic E-state index is 12.5. The fourth-order valence-electron chi connectivity index (χ4n) is 1.97. The van der Waals surface area contributed by atoms with Crippen LogP contribution in [0.1, 0.15) is 53.4 Å². The summed E-state index contributed by atoms with van der Waals surface area (Å²) in [5.41, 5.74) is 0. The molecule has 0 aromatic carbocycles. The first-order chi connectivity index (χ1) is 7.75. The molecule has 0 heterocycles. The van der Waals surface area contributed by atoms with Gasteiger partial charge in [0.05, 0.1) is 11.4 Å². The molecule has 0 aliphatic heterocycles. The van der Waals surface area contributed by atoms with E-state index in [1.165, 1.54) is 0 Å². The predicted octanol–water partition coefficient (Wildman–Crippen LogP) is 1.74. The highest BCUT2D eigenvalue weighted by molar-refractivity contribution is 7.90. The SMILES string of the molecule is CCC[C@H](CO)N(C1CC1)S(=O)(=O)C(C)(C)C. The second-order valence-corrected chi connectivity index (χ2v) is 8.40. The highest BCUT2D eigenvalue weighted by atomic mass is 32.2. The quantitative estimate of drug-likeness (QED) is 0.794. The molecule has 0 bridgehead atoms. The fourth-order valence-corrected chi connectivity index (χ4v) is 3.77. The van der Waals surface area contributed by atoms with E-state index in [0.717, 1.165) is 25.7 Å². The van der Waals surface area contributed by atoms with Crippen LogP contribution < -0.4 is 0 Å². The Labute approximate surface area is 105 Å². The van der Waals surface area contributed by atoms with Crippen molar-refractivity contribution in [1.82, 2.24) is 4.31 Å². The zero-order valence-electron chi connectivity index (χ0n) is 11.3. The summed E-state index contributed by atoms with van der Waals surface area (Å²) in [6.07, 6.45) is 3.46. The molecule has 1 atom stereocenters. The Morgan fingerprint density at radius 3 is 2.18 bits per heavy atom. The van der Waals surface area contributed by atoms with Crippen molar-refractivity contribution in [1.29, 1.82) is 0 Å². The lowest BCUT2D eigenvalue weighted by atomic mass is 10.2. The van der Waals surface area contributed by atoms with Crippen LogP contribution in [0.25, 0.3) is 0 Å². The molecule has 1 rings (SSSR count). The van der Waals surface area contributed by atoms with Gasteiger partial charge in [0.25, 0.3) is 0 Å². The van der Waals surface area contributed by atoms with E-state index in [1.54, 1.807) is 25.1 Å². The van der Waals surface area contributed by atoms with E-state index >= 15 is 0 Å². The smallest absolute Gasteiger partial charge is 0.219 e. The minimum absolute atomic E-state index is 0.0837. The van der Waals surface area contributed by atoms with E-state index < -0.39 is 14.8 Å². The van der Waals surface area contributed by atoms with Crippen molar-refractivity contribution in [3.05, 3.63) is 0 Å². The van der Waals surface area contributed by atoms with E-state index in [-0.39, 0.29) is 18.7 Å². The zero-order valence-corrected chi connectivity index (χ0v) is 12.1. The Bertz CT molecular complexity index is 341. The summed E-state index contributed by atoms with van der Waals surface area (Å²) in [7, 11) is -3.34. The number of aliphatic hydroxyl groups excluding tert-OH is 1. The number of hydrogen-bond acceptors (Lipinski definition) is 3. The summed E-state index contributed by atoms with van der Waals surface area (Å²) < 4.78 is 25.8. The molecular formula is C12H25NO3S. The Morgan fingerprint density at radius 1 is 1.35 bits per heavy atom. The second-order valence-electron chi connectivity index (χ2n) is 5.80. The first-order valence-corrected chi connectivity index (χ1v) is 7.83. The van der Waals surface area contributed by atoms with Crippen LogP contribution in [-0.2, 0) is 10.0 Å². The molecule has 17 heavy (non-hydrogen) atoms. The maximum atomic E-state index is 12.5. The number of aliphatic hydroxyl groups is 1. The van der Waals surface area contributed by atoms with Gasteiger partial charge in [-0.2, -0.15) is 4.31 Å². The number of rotatable bonds is 6. The zero-order chi connectivity index (χ0) is 13.3. The molecule has 0 unspecified atom stereocenters. The van der Waals surface area contributed by atoms with E-state index in [0.29, 0.717) is 0 Å². The van der Waals surface area contributed by atoms with Crippen LogP contribution in [0.15, 0.2) is 0 Å². The van der Waals surface area contributed by atoms with Gasteiger partial charge in [-0.05, 0) is 40.0 Å². The molecule has 4 nitrogen and oxygen atoms in total. The molecule has 5 heteroatoms. The van der Waals surface area contributed by atoms with Crippen molar-refractivity contribution >= 4 is 10.0 Å². The largest absolute Gasteiger partial charge is 0.395 e. The molecule has 1 aliphatic rings. The van der Waals surface area contributed by atoms with E-state index in [4.69, 9.17) is 0 Å². The maximum Gasteiger partial charge on any atom is 0.219 e. The summed E-state index contributed by atoms with van der Waals surface area (Å²) in [6.45, 7) is 7.09. The minimum atomic E-state index is -3.34. The lowest BCUT2D eigenvalue weighted by molar-refractivity contribution is 0.172. The third-order valence-electron chi connectivity index (χ3n) is 3.15. The van der Waals surface area contributed by atoms with Crippen LogP contribution in [0, 0.1) is 0 Å². The first kappa shape index (κ1) is 14.9. The van der Waals surface area contributed by atoms with Crippen LogP contribution >= 0.6 is 0 Å². The van der Waals surface area contributed by atoms with Gasteiger partial charge in [0.15, 0.2) is 0 Å². The first-order valence-electron chi connectivity index (χ1n) is 6.39. The van der Waals surface area contributed by atoms with Gasteiger partial charge >= 0.3 is 0 Å². The average Bonchev–Trinajstić information content (AvgIpc) is 2.99. The van der Waals surface area contributed by atoms with Crippen molar-refractivity contribution < 1.29 is 13.5 Å². The third kappa shape index (κ3) is 3.20. The highest BCUT2D eigenvalue weighted by Crippen LogP contribution is 2.36. The van der Waals surface area contributed by atoms with Crippen LogP contribution in [0.5, 0.6) is 0 Å². The average molecular weight is 263 g/mol. The van der Waals surface area contributed by atoms with Gasteiger partial charge in [-0.25, -0.2) is 8.42 Å². The van der Waals surface area contributed by atoms with Gasteiger partial charge in [0.2, 0.25) is 10.0 Å². The molecule has 102 valence electrons. The van der Waals surface area contributed by atoms with Crippen LogP contribution in [-0.4, -0.2) is 41.3 Å². The van der Waals surface area contributed by atoms with E-state index in [9.17, 15) is 13.5 Å². The molecule has 0 saturated heterocycles. The third-order valence-corrected chi connectivity index (χ3v) is 5.85. The summed E-state index contributed by atoms with van der Waals surface area (Å²) in [5, 5.41) is 9.43. The molecule has 1 fully saturated rings. The van der Waals surface area contributed by atoms with Gasteiger partial charge in [-0.3, -0.25) is 0 Å². The molecule has 1 saturated carbocycles. The summed E-state index contributed by atoms with van der Waals surface area (Å²) in [5.74, 6) is 0. The molecule has 0 aromatic rings. The molecule has 0 amide bonds. The monoisotopic (exact) mass is 263 g/mol. The van der Waals surface area contributed by atoms with E-state index in [1.807, 2.05) is 6.92 Å². The molecule has 1 N–H and O–H groups in total. The topological polar surface area (TPSA) is 57.6 Å². The van der Waals surface area contributed by atoms with Crippen molar-refractivity contribution in [2.24, 2.45) is 0 Å². The lowest BCUT2D eigenvalue weighted by Crippen LogP contribution is -2.50. The van der Waals surface area contributed by atoms with Gasteiger partial charge < -0.3 is 5.11 Å². The Kier molecular flexibility index (Phi) is 4.60. The Morgan fingerprint density at radius 2 is 1.88 bits per heavy atom. The molecule has 1 aliphatic carbocycles. The second kappa shape index (κ2) is 5.24. The standard InChI is InChI=1S/C12H25NO3S/c1-5-6-11(9-14)13(10-7-8-10)17(15,16)12(2,3)4/h10-11,14H,5-9H2,1-4H3/t11-/m1/s1. The van der Waals surface area contributed by atoms with Gasteiger partial charge in [-0.1, -0.05) is 13.3 Å². The van der Waals surface area contributed by atoms with Crippen LogP contribution in [0.2, 0.25) is 0 Å². The number of hydrogen-bond donors (Lipinski definition) is 1. The Hall–Kier alpha value is -0.130. The normalized spacial score (nSPS) is 19.6. The predicted molar refractivity (Wildman–Crippen MR) is 69.3 cm³/mol. The van der Waals surface area contributed by atoms with Gasteiger partial charge in [0, 0.05) is 12.1 Å². The number of nitrogens with zero attached hydrogens (tertiary/aromatic N) is 1. The van der Waals surface area contributed by atoms with Crippen molar-refractivity contribution in [3.8, 4) is 0 Å². The lowest BCUT2D eigenvalue weighted by Gasteiger charge is -2.35. The molecular weight excluding hydrogens is 238 g/mol. The van der Waals surface area contributed by atoms with Crippen molar-refractivity contribution in [2.45, 2.75) is 70.2 Å². The molecule has 0 radical (unpaired) electrons. The van der Waals surface area contributed by atoms with Crippen molar-refractivity contribution in [3.63, 3.8) is 0 Å².